The Kier molecular flexibility index (Phi) is 8.51. The van der Waals surface area contributed by atoms with E-state index in [2.05, 4.69) is 15.1 Å². The van der Waals surface area contributed by atoms with Crippen molar-refractivity contribution in [2.75, 3.05) is 34.3 Å². The third-order valence-electron chi connectivity index (χ3n) is 6.60. The number of methoxy groups -OCH3 is 1. The molecule has 0 radical (unpaired) electrons. The molecule has 30 heavy (non-hydrogen) atoms. The minimum Gasteiger partial charge on any atom is -0.497 e. The van der Waals surface area contributed by atoms with Crippen molar-refractivity contribution in [3.63, 3.8) is 0 Å². The topological polar surface area (TPSA) is 44.8 Å². The predicted octanol–water partition coefficient (Wildman–Crippen LogP) is 3.82. The first-order chi connectivity index (χ1) is 14.6. The van der Waals surface area contributed by atoms with Crippen molar-refractivity contribution in [1.82, 2.24) is 15.1 Å². The zero-order valence-corrected chi connectivity index (χ0v) is 18.8. The van der Waals surface area contributed by atoms with Gasteiger partial charge in [0.1, 0.15) is 11.6 Å². The van der Waals surface area contributed by atoms with Gasteiger partial charge in [-0.15, -0.1) is 0 Å². The molecule has 1 aromatic rings. The molecule has 5 nitrogen and oxygen atoms in total. The smallest absolute Gasteiger partial charge is 0.237 e. The zero-order valence-electron chi connectivity index (χ0n) is 18.8. The van der Waals surface area contributed by atoms with Crippen LogP contribution in [-0.2, 0) is 11.3 Å². The van der Waals surface area contributed by atoms with E-state index in [1.807, 2.05) is 14.1 Å². The van der Waals surface area contributed by atoms with Gasteiger partial charge in [-0.05, 0) is 64.6 Å². The highest BCUT2D eigenvalue weighted by molar-refractivity contribution is 5.79. The molecule has 0 aromatic heterocycles. The van der Waals surface area contributed by atoms with Crippen LogP contribution in [0.4, 0.5) is 4.39 Å². The van der Waals surface area contributed by atoms with Crippen molar-refractivity contribution in [1.29, 1.82) is 0 Å². The number of piperidine rings is 1. The van der Waals surface area contributed by atoms with Gasteiger partial charge in [0, 0.05) is 36.8 Å². The Morgan fingerprint density at radius 3 is 2.53 bits per heavy atom. The molecule has 2 atom stereocenters. The summed E-state index contributed by atoms with van der Waals surface area (Å²) in [7, 11) is 5.29. The molecule has 6 heteroatoms. The number of carbonyl (C=O) groups excluding carboxylic acids is 1. The zero-order chi connectivity index (χ0) is 21.5. The summed E-state index contributed by atoms with van der Waals surface area (Å²) in [5.41, 5.74) is 0.643. The van der Waals surface area contributed by atoms with Gasteiger partial charge in [-0.1, -0.05) is 18.9 Å². The van der Waals surface area contributed by atoms with Gasteiger partial charge in [0.15, 0.2) is 0 Å². The van der Waals surface area contributed by atoms with Crippen molar-refractivity contribution >= 4 is 5.91 Å². The lowest BCUT2D eigenvalue weighted by Gasteiger charge is -2.44. The molecule has 1 amide bonds. The maximum absolute atomic E-state index is 14.4. The minimum atomic E-state index is -0.252. The van der Waals surface area contributed by atoms with Crippen LogP contribution in [0.15, 0.2) is 18.2 Å². The summed E-state index contributed by atoms with van der Waals surface area (Å²) in [5.74, 6) is 1.22. The number of fused-ring (bicyclic) bond motifs is 1. The molecular formula is C24H38FN3O2. The van der Waals surface area contributed by atoms with Gasteiger partial charge in [0.05, 0.1) is 13.7 Å². The first-order valence-corrected chi connectivity index (χ1v) is 11.5. The first-order valence-electron chi connectivity index (χ1n) is 11.5. The third-order valence-corrected chi connectivity index (χ3v) is 6.60. The average molecular weight is 420 g/mol. The van der Waals surface area contributed by atoms with E-state index in [1.54, 1.807) is 19.2 Å². The highest BCUT2D eigenvalue weighted by Gasteiger charge is 2.38. The second-order valence-corrected chi connectivity index (χ2v) is 8.93. The molecule has 2 aliphatic carbocycles. The van der Waals surface area contributed by atoms with Gasteiger partial charge in [-0.3, -0.25) is 9.69 Å². The number of nitrogens with one attached hydrogen (secondary N) is 1. The number of nitrogens with zero attached hydrogens (tertiary/aromatic N) is 2. The predicted molar refractivity (Wildman–Crippen MR) is 118 cm³/mol. The molecule has 3 aliphatic rings. The number of carbonyl (C=O) groups is 1. The highest BCUT2D eigenvalue weighted by Crippen LogP contribution is 2.36. The van der Waals surface area contributed by atoms with E-state index in [0.29, 0.717) is 42.4 Å². The standard InChI is InChI=1S/C22H31FN2O2.C2H7N/c1-27-19-11-8-17(20(23)13-19)14-24(18-9-10-18)15-22(26)25-12-4-6-16-5-2-3-7-21(16)25;1-3-2/h8,11,13,16,18,21H,2-7,9-10,12,14-15H2,1H3;3H,1-2H3/t16?,21-;/m0./s1. The second-order valence-electron chi connectivity index (χ2n) is 8.93. The van der Waals surface area contributed by atoms with E-state index in [-0.39, 0.29) is 11.7 Å². The summed E-state index contributed by atoms with van der Waals surface area (Å²) in [6, 6.07) is 5.87. The van der Waals surface area contributed by atoms with Crippen LogP contribution in [-0.4, -0.2) is 62.1 Å². The molecule has 4 rings (SSSR count). The van der Waals surface area contributed by atoms with Gasteiger partial charge in [0.25, 0.3) is 0 Å². The summed E-state index contributed by atoms with van der Waals surface area (Å²) in [6.07, 6.45) is 9.61. The Hall–Kier alpha value is -1.66. The maximum atomic E-state index is 14.4. The number of halogens is 1. The Morgan fingerprint density at radius 2 is 1.87 bits per heavy atom. The fraction of sp³-hybridized carbons (Fsp3) is 0.708. The van der Waals surface area contributed by atoms with Crippen molar-refractivity contribution in [2.45, 2.75) is 70.0 Å². The molecule has 2 saturated carbocycles. The number of hydrogen-bond donors (Lipinski definition) is 1. The lowest BCUT2D eigenvalue weighted by molar-refractivity contribution is -0.139. The molecule has 1 aliphatic heterocycles. The van der Waals surface area contributed by atoms with E-state index < -0.39 is 0 Å². The minimum absolute atomic E-state index is 0.243. The summed E-state index contributed by atoms with van der Waals surface area (Å²) < 4.78 is 19.5. The SMILES string of the molecule is CNC.COc1ccc(CN(CC(=O)N2CCCC3CCCC[C@@H]32)C2CC2)c(F)c1. The molecule has 1 N–H and O–H groups in total. The molecule has 1 saturated heterocycles. The number of likely N-dealkylation sites (tertiary alicyclic amines) is 1. The molecule has 3 fully saturated rings. The molecule has 1 heterocycles. The highest BCUT2D eigenvalue weighted by atomic mass is 19.1. The molecule has 168 valence electrons. The molecule has 0 bridgehead atoms. The maximum Gasteiger partial charge on any atom is 0.237 e. The van der Waals surface area contributed by atoms with Crippen LogP contribution >= 0.6 is 0 Å². The molecule has 1 aromatic carbocycles. The van der Waals surface area contributed by atoms with Crippen LogP contribution in [0.5, 0.6) is 5.75 Å². The Bertz CT molecular complexity index is 693. The van der Waals surface area contributed by atoms with E-state index in [1.165, 1.54) is 31.7 Å². The van der Waals surface area contributed by atoms with Gasteiger partial charge in [-0.2, -0.15) is 0 Å². The van der Waals surface area contributed by atoms with Gasteiger partial charge in [-0.25, -0.2) is 4.39 Å². The Morgan fingerprint density at radius 1 is 1.17 bits per heavy atom. The average Bonchev–Trinajstić information content (AvgIpc) is 3.60. The van der Waals surface area contributed by atoms with Gasteiger partial charge in [0.2, 0.25) is 5.91 Å². The van der Waals surface area contributed by atoms with Crippen molar-refractivity contribution < 1.29 is 13.9 Å². The second kappa shape index (κ2) is 11.1. The summed E-state index contributed by atoms with van der Waals surface area (Å²) in [5, 5.41) is 2.75. The number of amides is 1. The van der Waals surface area contributed by atoms with Crippen LogP contribution in [0.1, 0.15) is 56.9 Å². The van der Waals surface area contributed by atoms with E-state index >= 15 is 0 Å². The lowest BCUT2D eigenvalue weighted by atomic mass is 9.78. The van der Waals surface area contributed by atoms with Crippen LogP contribution in [0, 0.1) is 11.7 Å². The first kappa shape index (κ1) is 23.0. The third kappa shape index (κ3) is 5.94. The molecule has 1 unspecified atom stereocenters. The van der Waals surface area contributed by atoms with Gasteiger partial charge < -0.3 is 15.0 Å². The van der Waals surface area contributed by atoms with E-state index in [4.69, 9.17) is 4.74 Å². The molecular weight excluding hydrogens is 381 g/mol. The summed E-state index contributed by atoms with van der Waals surface area (Å²) in [6.45, 7) is 1.81. The van der Waals surface area contributed by atoms with Crippen LogP contribution in [0.2, 0.25) is 0 Å². The van der Waals surface area contributed by atoms with Crippen molar-refractivity contribution in [2.24, 2.45) is 5.92 Å². The van der Waals surface area contributed by atoms with Crippen molar-refractivity contribution in [3.8, 4) is 5.75 Å². The lowest BCUT2D eigenvalue weighted by Crippen LogP contribution is -2.52. The van der Waals surface area contributed by atoms with Crippen LogP contribution in [0.3, 0.4) is 0 Å². The largest absolute Gasteiger partial charge is 0.497 e. The monoisotopic (exact) mass is 419 g/mol. The number of hydrogen-bond acceptors (Lipinski definition) is 4. The van der Waals surface area contributed by atoms with Gasteiger partial charge >= 0.3 is 0 Å². The fourth-order valence-electron chi connectivity index (χ4n) is 4.95. The summed E-state index contributed by atoms with van der Waals surface area (Å²) in [4.78, 5) is 17.5. The fourth-order valence-corrected chi connectivity index (χ4v) is 4.95. The quantitative estimate of drug-likeness (QED) is 0.762. The van der Waals surface area contributed by atoms with E-state index in [0.717, 1.165) is 32.2 Å². The normalized spacial score (nSPS) is 23.4. The van der Waals surface area contributed by atoms with Crippen LogP contribution in [0.25, 0.3) is 0 Å². The number of benzene rings is 1. The Balaban J connectivity index is 0.000000806. The molecule has 0 spiro atoms. The summed E-state index contributed by atoms with van der Waals surface area (Å²) >= 11 is 0. The number of rotatable bonds is 6. The van der Waals surface area contributed by atoms with Crippen molar-refractivity contribution in [3.05, 3.63) is 29.6 Å². The van der Waals surface area contributed by atoms with E-state index in [9.17, 15) is 9.18 Å². The van der Waals surface area contributed by atoms with Crippen LogP contribution < -0.4 is 10.1 Å². The Labute approximate surface area is 180 Å². The number of ether oxygens (including phenoxy) is 1.